The largest absolute Gasteiger partial charge is 0.323 e. The first-order valence-electron chi connectivity index (χ1n) is 8.41. The summed E-state index contributed by atoms with van der Waals surface area (Å²) in [5, 5.41) is 0. The molecule has 0 amide bonds. The molecule has 1 unspecified atom stereocenters. The number of rotatable bonds is 3. The van der Waals surface area contributed by atoms with Crippen LogP contribution in [0.4, 0.5) is 4.39 Å². The minimum atomic E-state index is -0.216. The fraction of sp³-hybridized carbons (Fsp3) is 0.667. The third-order valence-corrected chi connectivity index (χ3v) is 5.59. The van der Waals surface area contributed by atoms with E-state index in [1.54, 1.807) is 6.07 Å². The molecule has 1 aromatic rings. The average Bonchev–Trinajstić information content (AvgIpc) is 2.51. The van der Waals surface area contributed by atoms with Gasteiger partial charge in [0.1, 0.15) is 5.82 Å². The third-order valence-electron chi connectivity index (χ3n) is 5.59. The summed E-state index contributed by atoms with van der Waals surface area (Å²) in [6, 6.07) is 6.69. The lowest BCUT2D eigenvalue weighted by Gasteiger charge is -2.44. The van der Waals surface area contributed by atoms with Crippen molar-refractivity contribution in [2.24, 2.45) is 11.1 Å². The maximum Gasteiger partial charge on any atom is 0.128 e. The molecule has 116 valence electrons. The summed E-state index contributed by atoms with van der Waals surface area (Å²) in [7, 11) is 0. The molecule has 0 aromatic heterocycles. The van der Waals surface area contributed by atoms with E-state index >= 15 is 0 Å². The Morgan fingerprint density at radius 1 is 1.05 bits per heavy atom. The van der Waals surface area contributed by atoms with Crippen molar-refractivity contribution in [3.63, 3.8) is 0 Å². The van der Waals surface area contributed by atoms with Crippen molar-refractivity contribution in [3.8, 4) is 0 Å². The van der Waals surface area contributed by atoms with Crippen molar-refractivity contribution in [1.82, 2.24) is 4.90 Å². The van der Waals surface area contributed by atoms with E-state index in [1.807, 2.05) is 12.1 Å². The number of piperidine rings is 1. The highest BCUT2D eigenvalue weighted by Gasteiger charge is 2.35. The lowest BCUT2D eigenvalue weighted by Crippen LogP contribution is -2.43. The van der Waals surface area contributed by atoms with Gasteiger partial charge in [-0.1, -0.05) is 37.5 Å². The molecular formula is C18H27FN2. The van der Waals surface area contributed by atoms with E-state index in [4.69, 9.17) is 5.73 Å². The molecule has 1 saturated carbocycles. The Hall–Kier alpha value is -0.930. The van der Waals surface area contributed by atoms with Gasteiger partial charge < -0.3 is 10.6 Å². The Kier molecular flexibility index (Phi) is 4.60. The molecule has 2 nitrogen and oxygen atoms in total. The maximum atomic E-state index is 13.8. The van der Waals surface area contributed by atoms with Crippen LogP contribution in [0.2, 0.25) is 0 Å². The quantitative estimate of drug-likeness (QED) is 0.915. The summed E-state index contributed by atoms with van der Waals surface area (Å²) in [5.74, 6) is -0.175. The Bertz CT molecular complexity index is 458. The zero-order chi connectivity index (χ0) is 14.7. The second-order valence-corrected chi connectivity index (χ2v) is 6.99. The molecule has 1 saturated heterocycles. The van der Waals surface area contributed by atoms with Gasteiger partial charge in [0, 0.05) is 18.2 Å². The lowest BCUT2D eigenvalue weighted by molar-refractivity contribution is 0.0647. The number of benzene rings is 1. The molecule has 0 radical (unpaired) electrons. The normalized spacial score (nSPS) is 24.1. The predicted octanol–water partition coefficient (Wildman–Crippen LogP) is 3.87. The SMILES string of the molecule is NC(CN1CCC2(CCCCC2)CC1)c1ccccc1F. The van der Waals surface area contributed by atoms with E-state index in [0.29, 0.717) is 11.0 Å². The van der Waals surface area contributed by atoms with Crippen molar-refractivity contribution in [2.45, 2.75) is 51.0 Å². The molecule has 2 aliphatic rings. The lowest BCUT2D eigenvalue weighted by atomic mass is 9.68. The molecule has 0 bridgehead atoms. The number of halogens is 1. The molecule has 2 fully saturated rings. The molecule has 1 spiro atoms. The van der Waals surface area contributed by atoms with Crippen LogP contribution in [0.5, 0.6) is 0 Å². The fourth-order valence-corrected chi connectivity index (χ4v) is 4.16. The van der Waals surface area contributed by atoms with Crippen molar-refractivity contribution >= 4 is 0 Å². The van der Waals surface area contributed by atoms with Crippen LogP contribution in [0.15, 0.2) is 24.3 Å². The Labute approximate surface area is 127 Å². The highest BCUT2D eigenvalue weighted by atomic mass is 19.1. The monoisotopic (exact) mass is 290 g/mol. The third kappa shape index (κ3) is 3.46. The molecule has 2 N–H and O–H groups in total. The van der Waals surface area contributed by atoms with E-state index in [9.17, 15) is 4.39 Å². The molecular weight excluding hydrogens is 263 g/mol. The van der Waals surface area contributed by atoms with Gasteiger partial charge in [-0.15, -0.1) is 0 Å². The van der Waals surface area contributed by atoms with Crippen LogP contribution in [0, 0.1) is 11.2 Å². The first-order valence-corrected chi connectivity index (χ1v) is 8.41. The van der Waals surface area contributed by atoms with E-state index in [0.717, 1.165) is 19.6 Å². The summed E-state index contributed by atoms with van der Waals surface area (Å²) in [4.78, 5) is 2.43. The molecule has 3 heteroatoms. The van der Waals surface area contributed by atoms with Crippen molar-refractivity contribution in [1.29, 1.82) is 0 Å². The van der Waals surface area contributed by atoms with E-state index < -0.39 is 0 Å². The topological polar surface area (TPSA) is 29.3 Å². The standard InChI is InChI=1S/C18H27FN2/c19-16-7-3-2-6-15(16)17(20)14-21-12-10-18(11-13-21)8-4-1-5-9-18/h2-3,6-7,17H,1,4-5,8-14,20H2. The number of hydrogen-bond acceptors (Lipinski definition) is 2. The second-order valence-electron chi connectivity index (χ2n) is 6.99. The van der Waals surface area contributed by atoms with E-state index in [-0.39, 0.29) is 11.9 Å². The second kappa shape index (κ2) is 6.45. The molecule has 1 aromatic carbocycles. The van der Waals surface area contributed by atoms with Gasteiger partial charge in [0.25, 0.3) is 0 Å². The van der Waals surface area contributed by atoms with Crippen LogP contribution < -0.4 is 5.73 Å². The van der Waals surface area contributed by atoms with Crippen LogP contribution >= 0.6 is 0 Å². The molecule has 21 heavy (non-hydrogen) atoms. The molecule has 1 atom stereocenters. The minimum absolute atomic E-state index is 0.175. The number of likely N-dealkylation sites (tertiary alicyclic amines) is 1. The Morgan fingerprint density at radius 2 is 1.71 bits per heavy atom. The van der Waals surface area contributed by atoms with Gasteiger partial charge in [-0.25, -0.2) is 4.39 Å². The smallest absolute Gasteiger partial charge is 0.128 e. The zero-order valence-corrected chi connectivity index (χ0v) is 12.9. The minimum Gasteiger partial charge on any atom is -0.323 e. The van der Waals surface area contributed by atoms with Crippen LogP contribution in [-0.4, -0.2) is 24.5 Å². The summed E-state index contributed by atoms with van der Waals surface area (Å²) >= 11 is 0. The van der Waals surface area contributed by atoms with E-state index in [1.165, 1.54) is 51.0 Å². The first-order chi connectivity index (χ1) is 10.2. The summed E-state index contributed by atoms with van der Waals surface area (Å²) in [6.45, 7) is 3.03. The van der Waals surface area contributed by atoms with Crippen molar-refractivity contribution in [2.75, 3.05) is 19.6 Å². The van der Waals surface area contributed by atoms with Gasteiger partial charge in [0.05, 0.1) is 0 Å². The van der Waals surface area contributed by atoms with Crippen LogP contribution in [0.25, 0.3) is 0 Å². The van der Waals surface area contributed by atoms with Crippen molar-refractivity contribution in [3.05, 3.63) is 35.6 Å². The maximum absolute atomic E-state index is 13.8. The van der Waals surface area contributed by atoms with Crippen LogP contribution in [0.1, 0.15) is 56.6 Å². The molecule has 1 aliphatic carbocycles. The average molecular weight is 290 g/mol. The number of hydrogen-bond donors (Lipinski definition) is 1. The summed E-state index contributed by atoms with van der Waals surface area (Å²) in [6.07, 6.45) is 9.68. The number of nitrogens with two attached hydrogens (primary N) is 1. The van der Waals surface area contributed by atoms with Gasteiger partial charge in [0.2, 0.25) is 0 Å². The van der Waals surface area contributed by atoms with Crippen molar-refractivity contribution < 1.29 is 4.39 Å². The highest BCUT2D eigenvalue weighted by Crippen LogP contribution is 2.44. The Balaban J connectivity index is 1.54. The zero-order valence-electron chi connectivity index (χ0n) is 12.9. The Morgan fingerprint density at radius 3 is 2.38 bits per heavy atom. The predicted molar refractivity (Wildman–Crippen MR) is 84.5 cm³/mol. The first kappa shape index (κ1) is 15.0. The van der Waals surface area contributed by atoms with Crippen LogP contribution in [-0.2, 0) is 0 Å². The summed E-state index contributed by atoms with van der Waals surface area (Å²) in [5.41, 5.74) is 7.49. The van der Waals surface area contributed by atoms with Gasteiger partial charge >= 0.3 is 0 Å². The van der Waals surface area contributed by atoms with Gasteiger partial charge in [-0.3, -0.25) is 0 Å². The van der Waals surface area contributed by atoms with Gasteiger partial charge in [0.15, 0.2) is 0 Å². The molecule has 3 rings (SSSR count). The van der Waals surface area contributed by atoms with Gasteiger partial charge in [-0.05, 0) is 50.3 Å². The van der Waals surface area contributed by atoms with E-state index in [2.05, 4.69) is 4.90 Å². The summed E-state index contributed by atoms with van der Waals surface area (Å²) < 4.78 is 13.8. The van der Waals surface area contributed by atoms with Gasteiger partial charge in [-0.2, -0.15) is 0 Å². The molecule has 1 aliphatic heterocycles. The van der Waals surface area contributed by atoms with Crippen LogP contribution in [0.3, 0.4) is 0 Å². The number of nitrogens with zero attached hydrogens (tertiary/aromatic N) is 1. The highest BCUT2D eigenvalue weighted by molar-refractivity contribution is 5.21. The fourth-order valence-electron chi connectivity index (χ4n) is 4.16. The molecule has 1 heterocycles.